The molecule has 0 spiro atoms. The lowest BCUT2D eigenvalue weighted by atomic mass is 10.3. The first-order valence-electron chi connectivity index (χ1n) is 5.33. The molecule has 0 aliphatic carbocycles. The predicted molar refractivity (Wildman–Crippen MR) is 80.8 cm³/mol. The van der Waals surface area contributed by atoms with Gasteiger partial charge in [-0.1, -0.05) is 23.7 Å². The summed E-state index contributed by atoms with van der Waals surface area (Å²) < 4.78 is 41.0. The molecule has 0 aliphatic rings. The summed E-state index contributed by atoms with van der Waals surface area (Å²) in [5.74, 6) is -1.03. The third-order valence-corrected chi connectivity index (χ3v) is 4.71. The zero-order valence-corrected chi connectivity index (χ0v) is 13.1. The third kappa shape index (κ3) is 3.05. The number of nitrogen functional groups attached to an aromatic ring is 1. The van der Waals surface area contributed by atoms with Gasteiger partial charge >= 0.3 is 0 Å². The van der Waals surface area contributed by atoms with E-state index in [-0.39, 0.29) is 16.4 Å². The van der Waals surface area contributed by atoms with Crippen LogP contribution in [-0.4, -0.2) is 8.42 Å². The smallest absolute Gasteiger partial charge is 0.264 e. The van der Waals surface area contributed by atoms with Crippen LogP contribution in [0, 0.1) is 5.82 Å². The van der Waals surface area contributed by atoms with Crippen LogP contribution in [0.25, 0.3) is 0 Å². The second-order valence-corrected chi connectivity index (χ2v) is 6.83. The summed E-state index contributed by atoms with van der Waals surface area (Å²) in [5.41, 5.74) is 5.33. The molecule has 8 heteroatoms. The van der Waals surface area contributed by atoms with Crippen LogP contribution in [0.2, 0.25) is 5.02 Å². The number of sulfonamides is 1. The molecule has 0 radical (unpaired) electrons. The van der Waals surface area contributed by atoms with Crippen LogP contribution in [0.4, 0.5) is 15.8 Å². The van der Waals surface area contributed by atoms with E-state index in [1.165, 1.54) is 6.07 Å². The van der Waals surface area contributed by atoms with Crippen LogP contribution in [0.3, 0.4) is 0 Å². The fraction of sp³-hybridized carbons (Fsp3) is 0. The van der Waals surface area contributed by atoms with Gasteiger partial charge in [-0.25, -0.2) is 12.8 Å². The molecule has 4 nitrogen and oxygen atoms in total. The summed E-state index contributed by atoms with van der Waals surface area (Å²) in [7, 11) is -4.13. The van der Waals surface area contributed by atoms with Crippen molar-refractivity contribution in [2.75, 3.05) is 10.5 Å². The highest BCUT2D eigenvalue weighted by Crippen LogP contribution is 2.29. The van der Waals surface area contributed by atoms with Gasteiger partial charge in [0.2, 0.25) is 0 Å². The Balaban J connectivity index is 2.49. The van der Waals surface area contributed by atoms with Crippen LogP contribution in [0.1, 0.15) is 0 Å². The van der Waals surface area contributed by atoms with Crippen LogP contribution in [0.15, 0.2) is 45.8 Å². The number of nitrogens with two attached hydrogens (primary N) is 1. The Kier molecular flexibility index (Phi) is 4.22. The molecule has 0 atom stereocenters. The molecule has 0 heterocycles. The van der Waals surface area contributed by atoms with Crippen molar-refractivity contribution in [1.29, 1.82) is 0 Å². The van der Waals surface area contributed by atoms with Crippen molar-refractivity contribution in [1.82, 2.24) is 0 Å². The van der Waals surface area contributed by atoms with E-state index < -0.39 is 20.7 Å². The lowest BCUT2D eigenvalue weighted by Crippen LogP contribution is -2.15. The van der Waals surface area contributed by atoms with E-state index in [0.717, 1.165) is 12.1 Å². The van der Waals surface area contributed by atoms with Crippen LogP contribution in [-0.2, 0) is 10.0 Å². The minimum absolute atomic E-state index is 0.0383. The van der Waals surface area contributed by atoms with Crippen molar-refractivity contribution in [3.8, 4) is 0 Å². The highest BCUT2D eigenvalue weighted by Gasteiger charge is 2.22. The Bertz CT molecular complexity index is 768. The van der Waals surface area contributed by atoms with Crippen molar-refractivity contribution in [2.45, 2.75) is 4.90 Å². The zero-order valence-electron chi connectivity index (χ0n) is 9.90. The van der Waals surface area contributed by atoms with Gasteiger partial charge in [-0.2, -0.15) is 0 Å². The van der Waals surface area contributed by atoms with Crippen molar-refractivity contribution < 1.29 is 12.8 Å². The molecule has 2 rings (SSSR count). The predicted octanol–water partition coefficient (Wildman–Crippen LogP) is 3.62. The summed E-state index contributed by atoms with van der Waals surface area (Å²) in [4.78, 5) is -0.599. The van der Waals surface area contributed by atoms with Gasteiger partial charge in [-0.15, -0.1) is 0 Å². The molecule has 2 aromatic rings. The molecule has 0 bridgehead atoms. The molecule has 20 heavy (non-hydrogen) atoms. The maximum Gasteiger partial charge on any atom is 0.264 e. The van der Waals surface area contributed by atoms with Crippen molar-refractivity contribution in [2.24, 2.45) is 0 Å². The van der Waals surface area contributed by atoms with Crippen LogP contribution < -0.4 is 10.5 Å². The number of benzene rings is 2. The molecule has 0 saturated carbocycles. The second-order valence-electron chi connectivity index (χ2n) is 3.89. The van der Waals surface area contributed by atoms with Gasteiger partial charge in [0, 0.05) is 9.50 Å². The largest absolute Gasteiger partial charge is 0.396 e. The van der Waals surface area contributed by atoms with Crippen LogP contribution in [0.5, 0.6) is 0 Å². The normalized spacial score (nSPS) is 11.3. The Morgan fingerprint density at radius 3 is 2.55 bits per heavy atom. The number of para-hydroxylation sites is 1. The van der Waals surface area contributed by atoms with E-state index in [1.807, 2.05) is 0 Å². The maximum absolute atomic E-state index is 13.9. The average molecular weight is 380 g/mol. The molecule has 2 aromatic carbocycles. The number of rotatable bonds is 3. The first-order valence-corrected chi connectivity index (χ1v) is 7.98. The Hall–Kier alpha value is -1.31. The first kappa shape index (κ1) is 15.1. The van der Waals surface area contributed by atoms with E-state index in [4.69, 9.17) is 17.3 Å². The number of hydrogen-bond acceptors (Lipinski definition) is 3. The SMILES string of the molecule is Nc1cc(Cl)cc(S(=O)(=O)Nc2ccccc2Br)c1F. The summed E-state index contributed by atoms with van der Waals surface area (Å²) in [6, 6.07) is 8.71. The van der Waals surface area contributed by atoms with Gasteiger partial charge in [0.25, 0.3) is 10.0 Å². The molecule has 3 N–H and O–H groups in total. The number of anilines is 2. The molecule has 0 amide bonds. The van der Waals surface area contributed by atoms with Gasteiger partial charge < -0.3 is 5.73 Å². The molecule has 106 valence electrons. The van der Waals surface area contributed by atoms with Gasteiger partial charge in [-0.05, 0) is 40.2 Å². The van der Waals surface area contributed by atoms with Gasteiger partial charge in [0.05, 0.1) is 11.4 Å². The lowest BCUT2D eigenvalue weighted by Gasteiger charge is -2.11. The van der Waals surface area contributed by atoms with Gasteiger partial charge in [-0.3, -0.25) is 4.72 Å². The molecule has 0 fully saturated rings. The molecular weight excluding hydrogens is 371 g/mol. The van der Waals surface area contributed by atoms with Gasteiger partial charge in [0.1, 0.15) is 4.90 Å². The second kappa shape index (κ2) is 5.59. The van der Waals surface area contributed by atoms with E-state index in [0.29, 0.717) is 4.47 Å². The molecule has 0 unspecified atom stereocenters. The summed E-state index contributed by atoms with van der Waals surface area (Å²) in [5, 5.41) is 0.0383. The minimum Gasteiger partial charge on any atom is -0.396 e. The van der Waals surface area contributed by atoms with Crippen LogP contribution >= 0.6 is 27.5 Å². The van der Waals surface area contributed by atoms with Crippen molar-refractivity contribution in [3.63, 3.8) is 0 Å². The number of halogens is 3. The highest BCUT2D eigenvalue weighted by atomic mass is 79.9. The zero-order chi connectivity index (χ0) is 14.9. The number of hydrogen-bond donors (Lipinski definition) is 2. The van der Waals surface area contributed by atoms with Gasteiger partial charge in [0.15, 0.2) is 5.82 Å². The third-order valence-electron chi connectivity index (χ3n) is 2.44. The molecule has 0 saturated heterocycles. The first-order chi connectivity index (χ1) is 9.31. The highest BCUT2D eigenvalue weighted by molar-refractivity contribution is 9.10. The quantitative estimate of drug-likeness (QED) is 0.800. The fourth-order valence-corrected chi connectivity index (χ4v) is 3.54. The van der Waals surface area contributed by atoms with Crippen molar-refractivity contribution >= 4 is 48.9 Å². The Morgan fingerprint density at radius 1 is 1.25 bits per heavy atom. The minimum atomic E-state index is -4.13. The maximum atomic E-state index is 13.9. The Labute approximate surface area is 128 Å². The topological polar surface area (TPSA) is 72.2 Å². The lowest BCUT2D eigenvalue weighted by molar-refractivity contribution is 0.573. The standard InChI is InChI=1S/C12H9BrClFN2O2S/c13-8-3-1-2-4-10(8)17-20(18,19)11-6-7(14)5-9(16)12(11)15/h1-6,17H,16H2. The summed E-state index contributed by atoms with van der Waals surface area (Å²) in [6.07, 6.45) is 0. The molecule has 0 aliphatic heterocycles. The molecule has 0 aromatic heterocycles. The monoisotopic (exact) mass is 378 g/mol. The van der Waals surface area contributed by atoms with E-state index in [1.54, 1.807) is 18.2 Å². The van der Waals surface area contributed by atoms with Crippen molar-refractivity contribution in [3.05, 3.63) is 51.7 Å². The van der Waals surface area contributed by atoms with E-state index in [9.17, 15) is 12.8 Å². The average Bonchev–Trinajstić information content (AvgIpc) is 2.36. The number of nitrogens with one attached hydrogen (secondary N) is 1. The van der Waals surface area contributed by atoms with E-state index >= 15 is 0 Å². The fourth-order valence-electron chi connectivity index (χ4n) is 1.52. The summed E-state index contributed by atoms with van der Waals surface area (Å²) in [6.45, 7) is 0. The summed E-state index contributed by atoms with van der Waals surface area (Å²) >= 11 is 8.91. The Morgan fingerprint density at radius 2 is 1.90 bits per heavy atom. The van der Waals surface area contributed by atoms with E-state index in [2.05, 4.69) is 20.7 Å². The molecular formula is C12H9BrClFN2O2S.